The maximum atomic E-state index is 9.08. The van der Waals surface area contributed by atoms with E-state index in [0.29, 0.717) is 6.04 Å². The van der Waals surface area contributed by atoms with Crippen LogP contribution in [0.4, 0.5) is 0 Å². The van der Waals surface area contributed by atoms with E-state index in [2.05, 4.69) is 12.2 Å². The molecule has 0 spiro atoms. The summed E-state index contributed by atoms with van der Waals surface area (Å²) < 4.78 is 0. The van der Waals surface area contributed by atoms with Crippen LogP contribution in [0.1, 0.15) is 26.2 Å². The van der Waals surface area contributed by atoms with Crippen molar-refractivity contribution >= 4 is 6.92 Å². The Hall–Kier alpha value is -0.0151. The highest BCUT2D eigenvalue weighted by molar-refractivity contribution is 6.48. The van der Waals surface area contributed by atoms with Gasteiger partial charge in [0, 0.05) is 6.04 Å². The molecule has 3 heteroatoms. The van der Waals surface area contributed by atoms with Crippen molar-refractivity contribution in [1.82, 2.24) is 5.32 Å². The summed E-state index contributed by atoms with van der Waals surface area (Å²) in [7, 11) is 0. The van der Waals surface area contributed by atoms with Gasteiger partial charge in [-0.2, -0.15) is 0 Å². The van der Waals surface area contributed by atoms with Gasteiger partial charge in [0.1, 0.15) is 0 Å². The van der Waals surface area contributed by atoms with Crippen LogP contribution in [0.25, 0.3) is 0 Å². The molecule has 1 saturated heterocycles. The molecule has 0 aromatic rings. The van der Waals surface area contributed by atoms with Gasteiger partial charge in [-0.3, -0.25) is 0 Å². The molecular weight excluding hydrogens is 149 g/mol. The predicted molar refractivity (Wildman–Crippen MR) is 53.4 cm³/mol. The van der Waals surface area contributed by atoms with E-state index < -0.39 is 0 Å². The second-order valence-electron chi connectivity index (χ2n) is 4.07. The first kappa shape index (κ1) is 10.1. The van der Waals surface area contributed by atoms with Crippen LogP contribution in [0.15, 0.2) is 0 Å². The summed E-state index contributed by atoms with van der Waals surface area (Å²) in [6.45, 7) is 5.20. The Balaban J connectivity index is 2.06. The summed E-state index contributed by atoms with van der Waals surface area (Å²) >= 11 is 0. The molecular formula is C9H20BNO. The van der Waals surface area contributed by atoms with Crippen molar-refractivity contribution in [3.8, 4) is 0 Å². The van der Waals surface area contributed by atoms with Gasteiger partial charge in [0.05, 0.1) is 0 Å². The summed E-state index contributed by atoms with van der Waals surface area (Å²) in [5, 5.41) is 12.5. The highest BCUT2D eigenvalue weighted by atomic mass is 16.2. The van der Waals surface area contributed by atoms with Gasteiger partial charge in [-0.1, -0.05) is 13.2 Å². The summed E-state index contributed by atoms with van der Waals surface area (Å²) in [5.74, 6) is 0.851. The van der Waals surface area contributed by atoms with Crippen LogP contribution < -0.4 is 5.32 Å². The van der Waals surface area contributed by atoms with E-state index in [1.807, 2.05) is 6.82 Å². The molecule has 1 rings (SSSR count). The Bertz CT molecular complexity index is 130. The van der Waals surface area contributed by atoms with E-state index >= 15 is 0 Å². The van der Waals surface area contributed by atoms with Crippen molar-refractivity contribution in [3.05, 3.63) is 0 Å². The smallest absolute Gasteiger partial charge is 0.285 e. The molecule has 2 N–H and O–H groups in total. The van der Waals surface area contributed by atoms with Crippen LogP contribution in [0.2, 0.25) is 13.1 Å². The second kappa shape index (κ2) is 4.88. The van der Waals surface area contributed by atoms with Gasteiger partial charge in [0.15, 0.2) is 0 Å². The lowest BCUT2D eigenvalue weighted by Gasteiger charge is -2.14. The highest BCUT2D eigenvalue weighted by Crippen LogP contribution is 2.21. The molecule has 0 aliphatic carbocycles. The van der Waals surface area contributed by atoms with Gasteiger partial charge < -0.3 is 10.3 Å². The van der Waals surface area contributed by atoms with Crippen molar-refractivity contribution in [1.29, 1.82) is 0 Å². The van der Waals surface area contributed by atoms with Gasteiger partial charge >= 0.3 is 0 Å². The number of hydrogen-bond donors (Lipinski definition) is 2. The van der Waals surface area contributed by atoms with Crippen molar-refractivity contribution in [2.45, 2.75) is 45.4 Å². The highest BCUT2D eigenvalue weighted by Gasteiger charge is 2.22. The van der Waals surface area contributed by atoms with Gasteiger partial charge in [-0.25, -0.2) is 0 Å². The molecule has 12 heavy (non-hydrogen) atoms. The van der Waals surface area contributed by atoms with E-state index in [9.17, 15) is 0 Å². The largest absolute Gasteiger partial charge is 0.451 e. The fraction of sp³-hybridized carbons (Fsp3) is 1.00. The Morgan fingerprint density at radius 2 is 2.33 bits per heavy atom. The van der Waals surface area contributed by atoms with Crippen molar-refractivity contribution in [2.24, 2.45) is 5.92 Å². The molecule has 1 aliphatic rings. The van der Waals surface area contributed by atoms with Crippen LogP contribution in [0.5, 0.6) is 0 Å². The third-order valence-electron chi connectivity index (χ3n) is 2.89. The molecule has 0 aromatic carbocycles. The molecule has 0 saturated carbocycles. The maximum Gasteiger partial charge on any atom is 0.285 e. The monoisotopic (exact) mass is 169 g/mol. The number of nitrogens with one attached hydrogen (secondary N) is 1. The van der Waals surface area contributed by atoms with Gasteiger partial charge in [0.25, 0.3) is 6.92 Å². The van der Waals surface area contributed by atoms with Crippen LogP contribution in [-0.2, 0) is 0 Å². The molecule has 0 unspecified atom stereocenters. The first-order valence-corrected chi connectivity index (χ1v) is 5.11. The van der Waals surface area contributed by atoms with Crippen LogP contribution in [-0.4, -0.2) is 24.5 Å². The molecule has 0 radical (unpaired) electrons. The zero-order chi connectivity index (χ0) is 8.97. The number of hydrogen-bond acceptors (Lipinski definition) is 2. The van der Waals surface area contributed by atoms with Gasteiger partial charge in [0.2, 0.25) is 0 Å². The quantitative estimate of drug-likeness (QED) is 0.623. The lowest BCUT2D eigenvalue weighted by molar-refractivity contribution is 0.435. The first-order chi connectivity index (χ1) is 5.70. The average Bonchev–Trinajstić information content (AvgIpc) is 2.36. The van der Waals surface area contributed by atoms with Crippen LogP contribution in [0, 0.1) is 5.92 Å². The Labute approximate surface area is 75.9 Å². The average molecular weight is 169 g/mol. The number of rotatable bonds is 4. The van der Waals surface area contributed by atoms with Gasteiger partial charge in [-0.15, -0.1) is 0 Å². The van der Waals surface area contributed by atoms with Crippen molar-refractivity contribution in [2.75, 3.05) is 6.54 Å². The summed E-state index contributed by atoms with van der Waals surface area (Å²) in [6.07, 6.45) is 4.73. The molecule has 0 aromatic heterocycles. The second-order valence-corrected chi connectivity index (χ2v) is 4.07. The lowest BCUT2D eigenvalue weighted by atomic mass is 9.66. The standard InChI is InChI=1S/C9H20BNO/c1-8-9(5-7-11-8)4-3-6-10(2)12/h8-9,11-12H,3-7H2,1-2H3/t8-,9-/m1/s1. The minimum absolute atomic E-state index is 0.116. The fourth-order valence-electron chi connectivity index (χ4n) is 1.98. The molecule has 1 heterocycles. The molecule has 0 bridgehead atoms. The van der Waals surface area contributed by atoms with Crippen molar-refractivity contribution < 1.29 is 5.02 Å². The van der Waals surface area contributed by atoms with Crippen molar-refractivity contribution in [3.63, 3.8) is 0 Å². The van der Waals surface area contributed by atoms with Gasteiger partial charge in [-0.05, 0) is 38.5 Å². The van der Waals surface area contributed by atoms with Crippen LogP contribution >= 0.6 is 0 Å². The summed E-state index contributed by atoms with van der Waals surface area (Å²) in [5.41, 5.74) is 0. The first-order valence-electron chi connectivity index (χ1n) is 5.11. The minimum Gasteiger partial charge on any atom is -0.451 e. The third kappa shape index (κ3) is 3.15. The molecule has 2 nitrogen and oxygen atoms in total. The van der Waals surface area contributed by atoms with E-state index in [1.165, 1.54) is 25.8 Å². The Morgan fingerprint density at radius 1 is 1.58 bits per heavy atom. The van der Waals surface area contributed by atoms with E-state index in [1.54, 1.807) is 0 Å². The molecule has 70 valence electrons. The zero-order valence-corrected chi connectivity index (χ0v) is 8.21. The van der Waals surface area contributed by atoms with E-state index in [-0.39, 0.29) is 6.92 Å². The molecule has 2 atom stereocenters. The SMILES string of the molecule is CB(O)CCC[C@@H]1CCN[C@@H]1C. The minimum atomic E-state index is -0.116. The predicted octanol–water partition coefficient (Wildman–Crippen LogP) is 1.38. The third-order valence-corrected chi connectivity index (χ3v) is 2.89. The molecule has 1 aliphatic heterocycles. The lowest BCUT2D eigenvalue weighted by Crippen LogP contribution is -2.22. The summed E-state index contributed by atoms with van der Waals surface area (Å²) in [6, 6.07) is 0.694. The van der Waals surface area contributed by atoms with Crippen LogP contribution in [0.3, 0.4) is 0 Å². The Kier molecular flexibility index (Phi) is 4.09. The zero-order valence-electron chi connectivity index (χ0n) is 8.21. The van der Waals surface area contributed by atoms with E-state index in [4.69, 9.17) is 5.02 Å². The molecule has 0 amide bonds. The maximum absolute atomic E-state index is 9.08. The van der Waals surface area contributed by atoms with E-state index in [0.717, 1.165) is 12.2 Å². The normalized spacial score (nSPS) is 29.2. The topological polar surface area (TPSA) is 32.3 Å². The molecule has 1 fully saturated rings. The Morgan fingerprint density at radius 3 is 2.83 bits per heavy atom. The summed E-state index contributed by atoms with van der Waals surface area (Å²) in [4.78, 5) is 0. The fourth-order valence-corrected chi connectivity index (χ4v) is 1.98.